The number of hydrogen-bond donors (Lipinski definition) is 2. The standard InChI is InChI=1S/C15H24N2O3S/c1-11(2)6-4-5-9-17-15(18)14-10-13(21(16,19)20)8-7-12(14)3/h7-8,10-11H,4-6,9H2,1-3H3,(H,17,18)(H2,16,19,20). The van der Waals surface area contributed by atoms with Crippen LogP contribution in [0.5, 0.6) is 0 Å². The van der Waals surface area contributed by atoms with E-state index in [1.807, 2.05) is 0 Å². The third-order valence-corrected chi connectivity index (χ3v) is 4.19. The molecule has 0 heterocycles. The molecule has 0 aliphatic heterocycles. The molecule has 0 saturated heterocycles. The molecular formula is C15H24N2O3S. The van der Waals surface area contributed by atoms with Crippen LogP contribution >= 0.6 is 0 Å². The van der Waals surface area contributed by atoms with Crippen LogP contribution in [0.1, 0.15) is 49.0 Å². The maximum Gasteiger partial charge on any atom is 0.251 e. The Labute approximate surface area is 127 Å². The van der Waals surface area contributed by atoms with Gasteiger partial charge in [0.25, 0.3) is 5.91 Å². The third kappa shape index (κ3) is 5.85. The predicted molar refractivity (Wildman–Crippen MR) is 83.6 cm³/mol. The summed E-state index contributed by atoms with van der Waals surface area (Å²) in [5, 5.41) is 7.90. The van der Waals surface area contributed by atoms with Gasteiger partial charge in [-0.05, 0) is 37.0 Å². The van der Waals surface area contributed by atoms with Gasteiger partial charge in [0.1, 0.15) is 0 Å². The van der Waals surface area contributed by atoms with Crippen LogP contribution in [0.4, 0.5) is 0 Å². The van der Waals surface area contributed by atoms with E-state index >= 15 is 0 Å². The average molecular weight is 312 g/mol. The van der Waals surface area contributed by atoms with E-state index in [0.717, 1.165) is 24.8 Å². The van der Waals surface area contributed by atoms with Gasteiger partial charge in [0.2, 0.25) is 10.0 Å². The van der Waals surface area contributed by atoms with Crippen LogP contribution in [0, 0.1) is 12.8 Å². The molecule has 0 aromatic heterocycles. The molecule has 1 aromatic carbocycles. The van der Waals surface area contributed by atoms with Gasteiger partial charge in [-0.25, -0.2) is 13.6 Å². The van der Waals surface area contributed by atoms with Gasteiger partial charge in [-0.15, -0.1) is 0 Å². The fourth-order valence-electron chi connectivity index (χ4n) is 2.00. The summed E-state index contributed by atoms with van der Waals surface area (Å²) in [6, 6.07) is 4.33. The molecule has 3 N–H and O–H groups in total. The Kier molecular flexibility index (Phi) is 6.36. The second kappa shape index (κ2) is 7.56. The Morgan fingerprint density at radius 3 is 2.52 bits per heavy atom. The van der Waals surface area contributed by atoms with Crippen LogP contribution in [0.15, 0.2) is 23.1 Å². The molecule has 0 fully saturated rings. The van der Waals surface area contributed by atoms with E-state index in [-0.39, 0.29) is 10.8 Å². The molecule has 0 aliphatic carbocycles. The first kappa shape index (κ1) is 17.7. The van der Waals surface area contributed by atoms with Crippen LogP contribution in [-0.4, -0.2) is 20.9 Å². The fraction of sp³-hybridized carbons (Fsp3) is 0.533. The molecule has 5 nitrogen and oxygen atoms in total. The molecule has 0 bridgehead atoms. The molecule has 0 spiro atoms. The molecule has 0 atom stereocenters. The molecular weight excluding hydrogens is 288 g/mol. The second-order valence-electron chi connectivity index (χ2n) is 5.67. The van der Waals surface area contributed by atoms with Gasteiger partial charge in [-0.3, -0.25) is 4.79 Å². The van der Waals surface area contributed by atoms with Gasteiger partial charge in [0.05, 0.1) is 4.90 Å². The van der Waals surface area contributed by atoms with E-state index in [1.165, 1.54) is 12.1 Å². The largest absolute Gasteiger partial charge is 0.352 e. The molecule has 0 saturated carbocycles. The number of hydrogen-bond acceptors (Lipinski definition) is 3. The molecule has 0 aliphatic rings. The van der Waals surface area contributed by atoms with E-state index in [9.17, 15) is 13.2 Å². The number of unbranched alkanes of at least 4 members (excludes halogenated alkanes) is 1. The molecule has 1 aromatic rings. The van der Waals surface area contributed by atoms with Gasteiger partial charge in [-0.2, -0.15) is 0 Å². The normalized spacial score (nSPS) is 11.7. The molecule has 6 heteroatoms. The van der Waals surface area contributed by atoms with E-state index < -0.39 is 10.0 Å². The lowest BCUT2D eigenvalue weighted by atomic mass is 10.1. The topological polar surface area (TPSA) is 89.3 Å². The minimum Gasteiger partial charge on any atom is -0.352 e. The highest BCUT2D eigenvalue weighted by Gasteiger charge is 2.14. The summed E-state index contributed by atoms with van der Waals surface area (Å²) in [4.78, 5) is 12.1. The number of rotatable bonds is 7. The number of benzene rings is 1. The van der Waals surface area contributed by atoms with Gasteiger partial charge < -0.3 is 5.32 Å². The maximum absolute atomic E-state index is 12.1. The van der Waals surface area contributed by atoms with Crippen LogP contribution < -0.4 is 10.5 Å². The van der Waals surface area contributed by atoms with Crippen molar-refractivity contribution >= 4 is 15.9 Å². The van der Waals surface area contributed by atoms with Crippen molar-refractivity contribution in [3.05, 3.63) is 29.3 Å². The Morgan fingerprint density at radius 2 is 1.95 bits per heavy atom. The van der Waals surface area contributed by atoms with Crippen LogP contribution in [0.3, 0.4) is 0 Å². The Balaban J connectivity index is 2.66. The lowest BCUT2D eigenvalue weighted by Crippen LogP contribution is -2.25. The van der Waals surface area contributed by atoms with Crippen LogP contribution in [0.2, 0.25) is 0 Å². The smallest absolute Gasteiger partial charge is 0.251 e. The summed E-state index contributed by atoms with van der Waals surface area (Å²) in [6.07, 6.45) is 3.11. The molecule has 118 valence electrons. The van der Waals surface area contributed by atoms with E-state index in [4.69, 9.17) is 5.14 Å². The SMILES string of the molecule is Cc1ccc(S(N)(=O)=O)cc1C(=O)NCCCCC(C)C. The van der Waals surface area contributed by atoms with Crippen molar-refractivity contribution in [1.82, 2.24) is 5.32 Å². The fourth-order valence-corrected chi connectivity index (χ4v) is 2.54. The van der Waals surface area contributed by atoms with Crippen molar-refractivity contribution < 1.29 is 13.2 Å². The van der Waals surface area contributed by atoms with Crippen molar-refractivity contribution in [3.63, 3.8) is 0 Å². The molecule has 0 radical (unpaired) electrons. The van der Waals surface area contributed by atoms with Crippen molar-refractivity contribution in [2.24, 2.45) is 11.1 Å². The van der Waals surface area contributed by atoms with Gasteiger partial charge in [-0.1, -0.05) is 32.8 Å². The number of amides is 1. The van der Waals surface area contributed by atoms with Crippen molar-refractivity contribution in [3.8, 4) is 0 Å². The minimum atomic E-state index is -3.79. The molecule has 0 unspecified atom stereocenters. The summed E-state index contributed by atoms with van der Waals surface area (Å²) < 4.78 is 22.7. The second-order valence-corrected chi connectivity index (χ2v) is 7.23. The Bertz CT molecular complexity index is 595. The highest BCUT2D eigenvalue weighted by Crippen LogP contribution is 2.14. The van der Waals surface area contributed by atoms with E-state index in [0.29, 0.717) is 18.0 Å². The first-order valence-electron chi connectivity index (χ1n) is 7.13. The lowest BCUT2D eigenvalue weighted by molar-refractivity contribution is 0.0952. The van der Waals surface area contributed by atoms with E-state index in [1.54, 1.807) is 13.0 Å². The van der Waals surface area contributed by atoms with Crippen molar-refractivity contribution in [2.45, 2.75) is 44.9 Å². The number of aryl methyl sites for hydroxylation is 1. The summed E-state index contributed by atoms with van der Waals surface area (Å²) in [5.74, 6) is 0.400. The average Bonchev–Trinajstić information content (AvgIpc) is 2.36. The summed E-state index contributed by atoms with van der Waals surface area (Å²) in [6.45, 7) is 6.69. The molecule has 21 heavy (non-hydrogen) atoms. The monoisotopic (exact) mass is 312 g/mol. The molecule has 1 amide bonds. The number of carbonyl (C=O) groups excluding carboxylic acids is 1. The Morgan fingerprint density at radius 1 is 1.29 bits per heavy atom. The number of primary sulfonamides is 1. The Hall–Kier alpha value is -1.40. The summed E-state index contributed by atoms with van der Waals surface area (Å²) in [5.41, 5.74) is 1.08. The highest BCUT2D eigenvalue weighted by atomic mass is 32.2. The summed E-state index contributed by atoms with van der Waals surface area (Å²) >= 11 is 0. The van der Waals surface area contributed by atoms with Gasteiger partial charge in [0.15, 0.2) is 0 Å². The highest BCUT2D eigenvalue weighted by molar-refractivity contribution is 7.89. The predicted octanol–water partition coefficient (Wildman–Crippen LogP) is 2.20. The number of sulfonamides is 1. The van der Waals surface area contributed by atoms with Crippen molar-refractivity contribution in [1.29, 1.82) is 0 Å². The quantitative estimate of drug-likeness (QED) is 0.756. The third-order valence-electron chi connectivity index (χ3n) is 3.28. The maximum atomic E-state index is 12.1. The zero-order valence-electron chi connectivity index (χ0n) is 12.8. The number of nitrogens with one attached hydrogen (secondary N) is 1. The van der Waals surface area contributed by atoms with Crippen molar-refractivity contribution in [2.75, 3.05) is 6.54 Å². The van der Waals surface area contributed by atoms with Crippen LogP contribution in [-0.2, 0) is 10.0 Å². The minimum absolute atomic E-state index is 0.0435. The number of carbonyl (C=O) groups is 1. The lowest BCUT2D eigenvalue weighted by Gasteiger charge is -2.09. The zero-order chi connectivity index (χ0) is 16.0. The first-order valence-corrected chi connectivity index (χ1v) is 8.68. The zero-order valence-corrected chi connectivity index (χ0v) is 13.7. The van der Waals surface area contributed by atoms with Crippen LogP contribution in [0.25, 0.3) is 0 Å². The summed E-state index contributed by atoms with van der Waals surface area (Å²) in [7, 11) is -3.79. The first-order chi connectivity index (χ1) is 9.71. The molecule has 1 rings (SSSR count). The van der Waals surface area contributed by atoms with Gasteiger partial charge >= 0.3 is 0 Å². The number of nitrogens with two attached hydrogens (primary N) is 1. The van der Waals surface area contributed by atoms with E-state index in [2.05, 4.69) is 19.2 Å². The van der Waals surface area contributed by atoms with Gasteiger partial charge in [0, 0.05) is 12.1 Å².